The summed E-state index contributed by atoms with van der Waals surface area (Å²) in [6.07, 6.45) is 0.886. The molecule has 2 aromatic rings. The molecule has 4 nitrogen and oxygen atoms in total. The van der Waals surface area contributed by atoms with Crippen LogP contribution in [0.3, 0.4) is 0 Å². The van der Waals surface area contributed by atoms with Crippen molar-refractivity contribution in [3.63, 3.8) is 0 Å². The number of fused-ring (bicyclic) bond motifs is 1. The monoisotopic (exact) mass is 256 g/mol. The van der Waals surface area contributed by atoms with Crippen molar-refractivity contribution in [2.75, 3.05) is 31.2 Å². The van der Waals surface area contributed by atoms with Crippen molar-refractivity contribution < 1.29 is 9.53 Å². The number of hydrogen-bond donors (Lipinski definition) is 0. The maximum absolute atomic E-state index is 11.3. The molecule has 0 aliphatic carbocycles. The molecule has 0 bridgehead atoms. The zero-order valence-corrected chi connectivity index (χ0v) is 10.9. The summed E-state index contributed by atoms with van der Waals surface area (Å²) in [6.45, 7) is 4.98. The van der Waals surface area contributed by atoms with Gasteiger partial charge in [0, 0.05) is 18.5 Å². The number of aldehydes is 1. The van der Waals surface area contributed by atoms with Crippen LogP contribution in [0.1, 0.15) is 15.9 Å². The lowest BCUT2D eigenvalue weighted by Gasteiger charge is -2.28. The molecule has 0 N–H and O–H groups in total. The predicted molar refractivity (Wildman–Crippen MR) is 74.9 cm³/mol. The van der Waals surface area contributed by atoms with Crippen LogP contribution in [0.25, 0.3) is 10.9 Å². The van der Waals surface area contributed by atoms with E-state index in [0.717, 1.165) is 36.1 Å². The minimum atomic E-state index is 0.651. The van der Waals surface area contributed by atoms with E-state index in [1.165, 1.54) is 5.56 Å². The van der Waals surface area contributed by atoms with E-state index >= 15 is 0 Å². The second-order valence-corrected chi connectivity index (χ2v) is 4.81. The highest BCUT2D eigenvalue weighted by molar-refractivity contribution is 5.92. The largest absolute Gasteiger partial charge is 0.378 e. The van der Waals surface area contributed by atoms with E-state index in [9.17, 15) is 4.79 Å². The van der Waals surface area contributed by atoms with Crippen molar-refractivity contribution in [2.24, 2.45) is 0 Å². The van der Waals surface area contributed by atoms with Gasteiger partial charge in [-0.15, -0.1) is 0 Å². The fraction of sp³-hybridized carbons (Fsp3) is 0.333. The Morgan fingerprint density at radius 1 is 1.26 bits per heavy atom. The average molecular weight is 256 g/mol. The number of carbonyl (C=O) groups excluding carboxylic acids is 1. The van der Waals surface area contributed by atoms with Gasteiger partial charge in [-0.1, -0.05) is 12.1 Å². The molecule has 0 radical (unpaired) electrons. The number of rotatable bonds is 2. The number of pyridine rings is 1. The summed E-state index contributed by atoms with van der Waals surface area (Å²) < 4.78 is 5.34. The zero-order valence-electron chi connectivity index (χ0n) is 10.9. The number of aromatic nitrogens is 1. The first kappa shape index (κ1) is 12.1. The molecule has 0 atom stereocenters. The number of aryl methyl sites for hydroxylation is 1. The molecule has 1 saturated heterocycles. The average Bonchev–Trinajstić information content (AvgIpc) is 2.46. The minimum Gasteiger partial charge on any atom is -0.378 e. The molecule has 98 valence electrons. The van der Waals surface area contributed by atoms with Crippen LogP contribution in [0.4, 0.5) is 5.82 Å². The summed E-state index contributed by atoms with van der Waals surface area (Å²) >= 11 is 0. The number of carbonyl (C=O) groups is 1. The van der Waals surface area contributed by atoms with Gasteiger partial charge in [0.15, 0.2) is 6.29 Å². The Bertz CT molecular complexity index is 619. The summed E-state index contributed by atoms with van der Waals surface area (Å²) in [6, 6.07) is 8.01. The minimum absolute atomic E-state index is 0.651. The molecule has 1 aliphatic heterocycles. The molecule has 2 heterocycles. The fourth-order valence-corrected chi connectivity index (χ4v) is 2.40. The number of morpholine rings is 1. The predicted octanol–water partition coefficient (Wildman–Crippen LogP) is 2.19. The Kier molecular flexibility index (Phi) is 3.17. The maximum atomic E-state index is 11.3. The second-order valence-electron chi connectivity index (χ2n) is 4.81. The van der Waals surface area contributed by atoms with Crippen LogP contribution in [-0.4, -0.2) is 37.6 Å². The zero-order chi connectivity index (χ0) is 13.2. The third-order valence-electron chi connectivity index (χ3n) is 3.42. The van der Waals surface area contributed by atoms with Crippen molar-refractivity contribution in [3.05, 3.63) is 35.4 Å². The smallest absolute Gasteiger partial charge is 0.153 e. The Hall–Kier alpha value is -1.94. The highest BCUT2D eigenvalue weighted by Crippen LogP contribution is 2.23. The first-order chi connectivity index (χ1) is 9.28. The molecule has 0 saturated carbocycles. The van der Waals surface area contributed by atoms with Crippen LogP contribution in [0.15, 0.2) is 24.3 Å². The first-order valence-corrected chi connectivity index (χ1v) is 6.47. The maximum Gasteiger partial charge on any atom is 0.153 e. The van der Waals surface area contributed by atoms with E-state index < -0.39 is 0 Å². The molecule has 3 rings (SSSR count). The van der Waals surface area contributed by atoms with Crippen LogP contribution < -0.4 is 4.90 Å². The quantitative estimate of drug-likeness (QED) is 0.772. The molecular weight excluding hydrogens is 240 g/mol. The van der Waals surface area contributed by atoms with Crippen molar-refractivity contribution in [1.29, 1.82) is 0 Å². The van der Waals surface area contributed by atoms with Gasteiger partial charge in [-0.3, -0.25) is 4.79 Å². The summed E-state index contributed by atoms with van der Waals surface area (Å²) in [7, 11) is 0. The molecular formula is C15H16N2O2. The summed E-state index contributed by atoms with van der Waals surface area (Å²) in [5.74, 6) is 0.774. The molecule has 0 spiro atoms. The summed E-state index contributed by atoms with van der Waals surface area (Å²) in [5.41, 5.74) is 2.76. The second kappa shape index (κ2) is 4.97. The SMILES string of the molecule is Cc1ccc2cc(C=O)c(N3CCOCC3)nc2c1. The Labute approximate surface area is 112 Å². The van der Waals surface area contributed by atoms with E-state index in [1.54, 1.807) is 0 Å². The van der Waals surface area contributed by atoms with E-state index in [4.69, 9.17) is 4.74 Å². The van der Waals surface area contributed by atoms with E-state index in [-0.39, 0.29) is 0 Å². The third-order valence-corrected chi connectivity index (χ3v) is 3.42. The third kappa shape index (κ3) is 2.31. The van der Waals surface area contributed by atoms with Crippen LogP contribution in [-0.2, 0) is 4.74 Å². The van der Waals surface area contributed by atoms with Crippen LogP contribution >= 0.6 is 0 Å². The van der Waals surface area contributed by atoms with Gasteiger partial charge >= 0.3 is 0 Å². The first-order valence-electron chi connectivity index (χ1n) is 6.47. The van der Waals surface area contributed by atoms with Crippen molar-refractivity contribution in [3.8, 4) is 0 Å². The molecule has 0 amide bonds. The normalized spacial score (nSPS) is 15.7. The fourth-order valence-electron chi connectivity index (χ4n) is 2.40. The van der Waals surface area contributed by atoms with E-state index in [1.807, 2.05) is 31.2 Å². The van der Waals surface area contributed by atoms with E-state index in [2.05, 4.69) is 9.88 Å². The lowest BCUT2D eigenvalue weighted by atomic mass is 10.1. The number of ether oxygens (including phenoxy) is 1. The molecule has 1 aliphatic rings. The van der Waals surface area contributed by atoms with Gasteiger partial charge in [0.2, 0.25) is 0 Å². The van der Waals surface area contributed by atoms with Crippen molar-refractivity contribution in [2.45, 2.75) is 6.92 Å². The Morgan fingerprint density at radius 2 is 2.05 bits per heavy atom. The van der Waals surface area contributed by atoms with Gasteiger partial charge in [0.25, 0.3) is 0 Å². The highest BCUT2D eigenvalue weighted by atomic mass is 16.5. The number of hydrogen-bond acceptors (Lipinski definition) is 4. The molecule has 1 aromatic heterocycles. The molecule has 1 aromatic carbocycles. The van der Waals surface area contributed by atoms with Crippen LogP contribution in [0.5, 0.6) is 0 Å². The van der Waals surface area contributed by atoms with Gasteiger partial charge in [-0.2, -0.15) is 0 Å². The standard InChI is InChI=1S/C15H16N2O2/c1-11-2-3-12-9-13(10-18)15(16-14(12)8-11)17-4-6-19-7-5-17/h2-3,8-10H,4-7H2,1H3. The molecule has 1 fully saturated rings. The Morgan fingerprint density at radius 3 is 2.79 bits per heavy atom. The highest BCUT2D eigenvalue weighted by Gasteiger charge is 2.16. The topological polar surface area (TPSA) is 42.4 Å². The molecule has 4 heteroatoms. The van der Waals surface area contributed by atoms with Gasteiger partial charge in [-0.05, 0) is 24.6 Å². The molecule has 19 heavy (non-hydrogen) atoms. The van der Waals surface area contributed by atoms with Crippen molar-refractivity contribution in [1.82, 2.24) is 4.98 Å². The van der Waals surface area contributed by atoms with Crippen LogP contribution in [0.2, 0.25) is 0 Å². The Balaban J connectivity index is 2.12. The van der Waals surface area contributed by atoms with Gasteiger partial charge < -0.3 is 9.64 Å². The van der Waals surface area contributed by atoms with Crippen molar-refractivity contribution >= 4 is 23.0 Å². The number of anilines is 1. The van der Waals surface area contributed by atoms with E-state index in [0.29, 0.717) is 18.8 Å². The molecule has 0 unspecified atom stereocenters. The lowest BCUT2D eigenvalue weighted by Crippen LogP contribution is -2.37. The number of nitrogens with zero attached hydrogens (tertiary/aromatic N) is 2. The number of benzene rings is 1. The lowest BCUT2D eigenvalue weighted by molar-refractivity contribution is 0.111. The van der Waals surface area contributed by atoms with Gasteiger partial charge in [0.1, 0.15) is 5.82 Å². The summed E-state index contributed by atoms with van der Waals surface area (Å²) in [4.78, 5) is 18.1. The van der Waals surface area contributed by atoms with Gasteiger partial charge in [0.05, 0.1) is 24.3 Å². The summed E-state index contributed by atoms with van der Waals surface area (Å²) in [5, 5.41) is 1.00. The van der Waals surface area contributed by atoms with Crippen LogP contribution in [0, 0.1) is 6.92 Å². The van der Waals surface area contributed by atoms with Gasteiger partial charge in [-0.25, -0.2) is 4.98 Å².